The van der Waals surface area contributed by atoms with Crippen molar-refractivity contribution in [2.45, 2.75) is 31.5 Å². The van der Waals surface area contributed by atoms with Crippen LogP contribution in [0, 0.1) is 0 Å². The van der Waals surface area contributed by atoms with Crippen molar-refractivity contribution in [3.05, 3.63) is 59.7 Å². The van der Waals surface area contributed by atoms with Gasteiger partial charge >= 0.3 is 0 Å². The molecule has 0 spiro atoms. The topological polar surface area (TPSA) is 53.0 Å². The summed E-state index contributed by atoms with van der Waals surface area (Å²) in [5.41, 5.74) is 1.86. The van der Waals surface area contributed by atoms with Crippen molar-refractivity contribution in [2.24, 2.45) is 0 Å². The number of rotatable bonds is 3. The summed E-state index contributed by atoms with van der Waals surface area (Å²) in [6.07, 6.45) is 0.135. The summed E-state index contributed by atoms with van der Waals surface area (Å²) >= 11 is 0. The first kappa shape index (κ1) is 13.0. The van der Waals surface area contributed by atoms with Crippen molar-refractivity contribution < 1.29 is 14.9 Å². The molecule has 3 heteroatoms. The molecule has 1 heterocycles. The second-order valence-corrected chi connectivity index (χ2v) is 5.41. The number of phenols is 2. The van der Waals surface area contributed by atoms with Crippen LogP contribution in [0.4, 0.5) is 0 Å². The lowest BCUT2D eigenvalue weighted by molar-refractivity contribution is 0.267. The quantitative estimate of drug-likeness (QED) is 0.839. The maximum Gasteiger partial charge on any atom is 0.126 e. The first-order valence-electron chi connectivity index (χ1n) is 6.80. The van der Waals surface area contributed by atoms with Crippen molar-refractivity contribution in [3.63, 3.8) is 0 Å². The Balaban J connectivity index is 1.97. The van der Waals surface area contributed by atoms with Crippen LogP contribution >= 0.6 is 0 Å². The molecule has 3 rings (SSSR count). The molecule has 3 atom stereocenters. The summed E-state index contributed by atoms with van der Waals surface area (Å²) < 4.78 is 5.93. The zero-order valence-corrected chi connectivity index (χ0v) is 11.6. The van der Waals surface area contributed by atoms with Gasteiger partial charge in [0.25, 0.3) is 0 Å². The third-order valence-corrected chi connectivity index (χ3v) is 4.27. The van der Waals surface area contributed by atoms with Gasteiger partial charge in [0, 0.05) is 5.92 Å². The van der Waals surface area contributed by atoms with E-state index in [-0.39, 0.29) is 29.1 Å². The van der Waals surface area contributed by atoms with E-state index >= 15 is 0 Å². The molecule has 0 aromatic heterocycles. The largest absolute Gasteiger partial charge is 0.508 e. The van der Waals surface area contributed by atoms with Gasteiger partial charge in [0.1, 0.15) is 17.1 Å². The van der Waals surface area contributed by atoms with E-state index in [1.54, 1.807) is 24.3 Å². The smallest absolute Gasteiger partial charge is 0.126 e. The van der Waals surface area contributed by atoms with E-state index in [1.165, 1.54) is 0 Å². The summed E-state index contributed by atoms with van der Waals surface area (Å²) in [7, 11) is 0. The molecule has 2 aromatic carbocycles. The summed E-state index contributed by atoms with van der Waals surface area (Å²) in [6.45, 7) is 4.19. The molecular weight excluding hydrogens is 252 g/mol. The number of phenolic OH excluding ortho intramolecular Hbond substituents is 2. The van der Waals surface area contributed by atoms with E-state index < -0.39 is 0 Å². The van der Waals surface area contributed by atoms with Crippen molar-refractivity contribution in [1.82, 2.24) is 0 Å². The number of ether oxygens (including phenoxy) is 1. The van der Waals surface area contributed by atoms with Crippen molar-refractivity contribution >= 4 is 0 Å². The number of aromatic hydroxyl groups is 2. The molecule has 104 valence electrons. The van der Waals surface area contributed by atoms with Gasteiger partial charge < -0.3 is 14.9 Å². The number of epoxide rings is 1. The lowest BCUT2D eigenvalue weighted by atomic mass is 9.80. The van der Waals surface area contributed by atoms with Gasteiger partial charge in [-0.25, -0.2) is 0 Å². The molecule has 3 nitrogen and oxygen atoms in total. The fraction of sp³-hybridized carbons (Fsp3) is 0.294. The normalized spacial score (nSPS) is 26.2. The van der Waals surface area contributed by atoms with Gasteiger partial charge in [0.15, 0.2) is 0 Å². The van der Waals surface area contributed by atoms with Gasteiger partial charge in [-0.2, -0.15) is 0 Å². The Labute approximate surface area is 118 Å². The Morgan fingerprint density at radius 2 is 1.40 bits per heavy atom. The minimum Gasteiger partial charge on any atom is -0.508 e. The lowest BCUT2D eigenvalue weighted by Gasteiger charge is -2.22. The summed E-state index contributed by atoms with van der Waals surface area (Å²) in [5.74, 6) is 0.696. The predicted octanol–water partition coefficient (Wildman–Crippen LogP) is 3.52. The lowest BCUT2D eigenvalue weighted by Crippen LogP contribution is -2.20. The molecule has 20 heavy (non-hydrogen) atoms. The van der Waals surface area contributed by atoms with E-state index in [0.717, 1.165) is 11.1 Å². The number of hydrogen-bond donors (Lipinski definition) is 2. The molecule has 2 aromatic rings. The van der Waals surface area contributed by atoms with Crippen LogP contribution in [0.5, 0.6) is 11.5 Å². The molecule has 0 saturated carbocycles. The average molecular weight is 270 g/mol. The average Bonchev–Trinajstić information content (AvgIpc) is 3.12. The fourth-order valence-corrected chi connectivity index (χ4v) is 3.00. The zero-order valence-electron chi connectivity index (χ0n) is 11.6. The van der Waals surface area contributed by atoms with Crippen LogP contribution in [0.1, 0.15) is 30.9 Å². The van der Waals surface area contributed by atoms with Gasteiger partial charge in [0.05, 0.1) is 6.10 Å². The maximum absolute atomic E-state index is 9.43. The molecule has 0 aliphatic carbocycles. The zero-order chi connectivity index (χ0) is 14.3. The van der Waals surface area contributed by atoms with Crippen LogP contribution in [-0.2, 0) is 10.3 Å². The van der Waals surface area contributed by atoms with E-state index in [9.17, 15) is 10.2 Å². The Kier molecular flexibility index (Phi) is 2.94. The molecule has 0 radical (unpaired) electrons. The second kappa shape index (κ2) is 4.53. The highest BCUT2D eigenvalue weighted by atomic mass is 16.6. The highest BCUT2D eigenvalue weighted by molar-refractivity contribution is 5.40. The molecule has 0 amide bonds. The highest BCUT2D eigenvalue weighted by Gasteiger charge is 2.58. The first-order chi connectivity index (χ1) is 9.54. The summed E-state index contributed by atoms with van der Waals surface area (Å²) in [4.78, 5) is 0. The highest BCUT2D eigenvalue weighted by Crippen LogP contribution is 2.55. The van der Waals surface area contributed by atoms with Crippen LogP contribution in [0.15, 0.2) is 48.5 Å². The van der Waals surface area contributed by atoms with Crippen LogP contribution in [0.3, 0.4) is 0 Å². The first-order valence-corrected chi connectivity index (χ1v) is 6.80. The van der Waals surface area contributed by atoms with Crippen LogP contribution < -0.4 is 0 Å². The van der Waals surface area contributed by atoms with Crippen molar-refractivity contribution in [3.8, 4) is 11.5 Å². The van der Waals surface area contributed by atoms with Crippen LogP contribution in [0.25, 0.3) is 0 Å². The Morgan fingerprint density at radius 1 is 0.950 bits per heavy atom. The van der Waals surface area contributed by atoms with Gasteiger partial charge in [-0.05, 0) is 42.3 Å². The van der Waals surface area contributed by atoms with Gasteiger partial charge in [0.2, 0.25) is 0 Å². The standard InChI is InChI=1S/C17H18O3/c1-11(13-3-7-15(18)8-4-13)17(12(2)20-17)14-5-9-16(19)10-6-14/h3-12,18-19H,1-2H3. The molecular formula is C17H18O3. The third kappa shape index (κ3) is 1.95. The Hall–Kier alpha value is -2.00. The van der Waals surface area contributed by atoms with Crippen LogP contribution in [0.2, 0.25) is 0 Å². The van der Waals surface area contributed by atoms with Crippen molar-refractivity contribution in [1.29, 1.82) is 0 Å². The minimum absolute atomic E-state index is 0.135. The Bertz CT molecular complexity index is 603. The van der Waals surface area contributed by atoms with E-state index in [1.807, 2.05) is 24.3 Å². The molecule has 1 aliphatic heterocycles. The molecule has 1 aliphatic rings. The monoisotopic (exact) mass is 270 g/mol. The number of benzene rings is 2. The third-order valence-electron chi connectivity index (χ3n) is 4.27. The van der Waals surface area contributed by atoms with E-state index in [2.05, 4.69) is 13.8 Å². The SMILES string of the molecule is CC1OC1(c1ccc(O)cc1)C(C)c1ccc(O)cc1. The minimum atomic E-state index is -0.343. The molecule has 1 saturated heterocycles. The maximum atomic E-state index is 9.43. The molecule has 2 N–H and O–H groups in total. The Morgan fingerprint density at radius 3 is 1.85 bits per heavy atom. The number of hydrogen-bond acceptors (Lipinski definition) is 3. The summed E-state index contributed by atoms with van der Waals surface area (Å²) in [5, 5.41) is 18.8. The van der Waals surface area contributed by atoms with Crippen molar-refractivity contribution in [2.75, 3.05) is 0 Å². The van der Waals surface area contributed by atoms with Gasteiger partial charge in [-0.15, -0.1) is 0 Å². The predicted molar refractivity (Wildman–Crippen MR) is 76.9 cm³/mol. The van der Waals surface area contributed by atoms with E-state index in [4.69, 9.17) is 4.74 Å². The summed E-state index contributed by atoms with van der Waals surface area (Å²) in [6, 6.07) is 14.5. The second-order valence-electron chi connectivity index (χ2n) is 5.41. The molecule has 3 unspecified atom stereocenters. The fourth-order valence-electron chi connectivity index (χ4n) is 3.00. The van der Waals surface area contributed by atoms with E-state index in [0.29, 0.717) is 0 Å². The molecule has 0 bridgehead atoms. The van der Waals surface area contributed by atoms with Gasteiger partial charge in [-0.1, -0.05) is 31.2 Å². The van der Waals surface area contributed by atoms with Crippen LogP contribution in [-0.4, -0.2) is 16.3 Å². The van der Waals surface area contributed by atoms with Gasteiger partial charge in [-0.3, -0.25) is 0 Å². The molecule has 1 fully saturated rings.